The van der Waals surface area contributed by atoms with E-state index in [1.54, 1.807) is 6.07 Å². The van der Waals surface area contributed by atoms with Gasteiger partial charge in [0.2, 0.25) is 5.91 Å². The molecule has 0 saturated carbocycles. The lowest BCUT2D eigenvalue weighted by Gasteiger charge is -2.13. The third kappa shape index (κ3) is 4.19. The van der Waals surface area contributed by atoms with Gasteiger partial charge in [0.15, 0.2) is 0 Å². The number of hydrogen-bond acceptors (Lipinski definition) is 3. The van der Waals surface area contributed by atoms with E-state index in [0.717, 1.165) is 8.47 Å². The summed E-state index contributed by atoms with van der Waals surface area (Å²) in [6.07, 6.45) is 0.569. The number of carbonyl (C=O) groups is 3. The lowest BCUT2D eigenvalue weighted by Crippen LogP contribution is -2.38. The Balaban J connectivity index is 1.96. The zero-order chi connectivity index (χ0) is 16.3. The molecule has 0 aromatic heterocycles. The van der Waals surface area contributed by atoms with Crippen molar-refractivity contribution in [2.24, 2.45) is 5.92 Å². The molecule has 1 aromatic rings. The molecule has 1 aliphatic heterocycles. The maximum Gasteiger partial charge on any atom is 0.325 e. The SMILES string of the molecule is CC(C)C[C@H]1NC(=O)N(CC(=O)Nc2cccc(I)c2)C1=O. The van der Waals surface area contributed by atoms with Crippen LogP contribution in [0.5, 0.6) is 0 Å². The molecule has 1 heterocycles. The van der Waals surface area contributed by atoms with E-state index in [2.05, 4.69) is 33.2 Å². The van der Waals surface area contributed by atoms with Crippen LogP contribution in [0, 0.1) is 9.49 Å². The summed E-state index contributed by atoms with van der Waals surface area (Å²) in [6, 6.07) is 6.26. The molecule has 0 spiro atoms. The van der Waals surface area contributed by atoms with Crippen LogP contribution in [0.2, 0.25) is 0 Å². The number of rotatable bonds is 5. The van der Waals surface area contributed by atoms with Crippen molar-refractivity contribution >= 4 is 46.1 Å². The lowest BCUT2D eigenvalue weighted by molar-refractivity contribution is -0.131. The maximum absolute atomic E-state index is 12.2. The van der Waals surface area contributed by atoms with Gasteiger partial charge in [-0.1, -0.05) is 19.9 Å². The molecule has 7 heteroatoms. The predicted octanol–water partition coefficient (Wildman–Crippen LogP) is 2.20. The lowest BCUT2D eigenvalue weighted by atomic mass is 10.0. The van der Waals surface area contributed by atoms with Crippen molar-refractivity contribution in [3.63, 3.8) is 0 Å². The van der Waals surface area contributed by atoms with Crippen molar-refractivity contribution in [2.75, 3.05) is 11.9 Å². The van der Waals surface area contributed by atoms with Crippen LogP contribution < -0.4 is 10.6 Å². The van der Waals surface area contributed by atoms with Crippen LogP contribution in [0.4, 0.5) is 10.5 Å². The zero-order valence-electron chi connectivity index (χ0n) is 12.4. The summed E-state index contributed by atoms with van der Waals surface area (Å²) in [4.78, 5) is 37.0. The van der Waals surface area contributed by atoms with E-state index in [0.29, 0.717) is 12.1 Å². The van der Waals surface area contributed by atoms with Gasteiger partial charge in [-0.3, -0.25) is 14.5 Å². The van der Waals surface area contributed by atoms with Gasteiger partial charge in [0.1, 0.15) is 12.6 Å². The van der Waals surface area contributed by atoms with E-state index in [4.69, 9.17) is 0 Å². The maximum atomic E-state index is 12.2. The first-order valence-electron chi connectivity index (χ1n) is 7.04. The Labute approximate surface area is 142 Å². The van der Waals surface area contributed by atoms with Crippen molar-refractivity contribution in [3.8, 4) is 0 Å². The number of carbonyl (C=O) groups excluding carboxylic acids is 3. The predicted molar refractivity (Wildman–Crippen MR) is 91.3 cm³/mol. The van der Waals surface area contributed by atoms with Crippen molar-refractivity contribution in [2.45, 2.75) is 26.3 Å². The highest BCUT2D eigenvalue weighted by Crippen LogP contribution is 2.15. The molecule has 1 fully saturated rings. The first-order valence-corrected chi connectivity index (χ1v) is 8.12. The van der Waals surface area contributed by atoms with Gasteiger partial charge < -0.3 is 10.6 Å². The molecule has 0 radical (unpaired) electrons. The Morgan fingerprint density at radius 2 is 2.14 bits per heavy atom. The van der Waals surface area contributed by atoms with E-state index >= 15 is 0 Å². The van der Waals surface area contributed by atoms with E-state index in [9.17, 15) is 14.4 Å². The second-order valence-electron chi connectivity index (χ2n) is 5.61. The van der Waals surface area contributed by atoms with Crippen LogP contribution in [0.25, 0.3) is 0 Å². The van der Waals surface area contributed by atoms with Crippen LogP contribution in [0.1, 0.15) is 20.3 Å². The van der Waals surface area contributed by atoms with Gasteiger partial charge in [0, 0.05) is 9.26 Å². The number of benzene rings is 1. The normalized spacial score (nSPS) is 17.8. The fraction of sp³-hybridized carbons (Fsp3) is 0.400. The van der Waals surface area contributed by atoms with Crippen LogP contribution in [0.15, 0.2) is 24.3 Å². The Morgan fingerprint density at radius 1 is 1.41 bits per heavy atom. The number of amides is 4. The quantitative estimate of drug-likeness (QED) is 0.572. The second-order valence-corrected chi connectivity index (χ2v) is 6.86. The molecule has 6 nitrogen and oxygen atoms in total. The zero-order valence-corrected chi connectivity index (χ0v) is 14.6. The summed E-state index contributed by atoms with van der Waals surface area (Å²) in [5.74, 6) is -0.443. The first-order chi connectivity index (χ1) is 10.4. The van der Waals surface area contributed by atoms with Gasteiger partial charge in [0.25, 0.3) is 5.91 Å². The highest BCUT2D eigenvalue weighted by atomic mass is 127. The fourth-order valence-electron chi connectivity index (χ4n) is 2.27. The molecule has 22 heavy (non-hydrogen) atoms. The Hall–Kier alpha value is -1.64. The van der Waals surface area contributed by atoms with Gasteiger partial charge in [0.05, 0.1) is 0 Å². The summed E-state index contributed by atoms with van der Waals surface area (Å²) in [6.45, 7) is 3.68. The first kappa shape index (κ1) is 16.7. The number of hydrogen-bond donors (Lipinski definition) is 2. The van der Waals surface area contributed by atoms with Crippen LogP contribution in [-0.2, 0) is 9.59 Å². The third-order valence-electron chi connectivity index (χ3n) is 3.22. The van der Waals surface area contributed by atoms with E-state index in [1.165, 1.54) is 0 Å². The molecule has 1 saturated heterocycles. The van der Waals surface area contributed by atoms with Gasteiger partial charge in [-0.05, 0) is 53.1 Å². The van der Waals surface area contributed by atoms with Gasteiger partial charge >= 0.3 is 6.03 Å². The van der Waals surface area contributed by atoms with Crippen LogP contribution in [-0.4, -0.2) is 35.3 Å². The summed E-state index contributed by atoms with van der Waals surface area (Å²) < 4.78 is 0.988. The highest BCUT2D eigenvalue weighted by Gasteiger charge is 2.38. The van der Waals surface area contributed by atoms with Gasteiger partial charge in [-0.15, -0.1) is 0 Å². The number of nitrogens with one attached hydrogen (secondary N) is 2. The number of halogens is 1. The fourth-order valence-corrected chi connectivity index (χ4v) is 2.81. The summed E-state index contributed by atoms with van der Waals surface area (Å²) in [7, 11) is 0. The molecule has 1 aromatic carbocycles. The van der Waals surface area contributed by atoms with Crippen molar-refractivity contribution in [1.82, 2.24) is 10.2 Å². The molecule has 4 amide bonds. The molecule has 118 valence electrons. The van der Waals surface area contributed by atoms with Gasteiger partial charge in [-0.25, -0.2) is 4.79 Å². The molecule has 1 atom stereocenters. The number of imide groups is 1. The molecule has 2 rings (SSSR count). The Morgan fingerprint density at radius 3 is 2.77 bits per heavy atom. The molecule has 0 aliphatic carbocycles. The Kier molecular flexibility index (Phi) is 5.38. The van der Waals surface area contributed by atoms with Crippen LogP contribution >= 0.6 is 22.6 Å². The number of nitrogens with zero attached hydrogens (tertiary/aromatic N) is 1. The van der Waals surface area contributed by atoms with Gasteiger partial charge in [-0.2, -0.15) is 0 Å². The molecule has 0 bridgehead atoms. The summed E-state index contributed by atoms with van der Waals surface area (Å²) in [5.41, 5.74) is 0.641. The minimum Gasteiger partial charge on any atom is -0.326 e. The standard InChI is InChI=1S/C15H18IN3O3/c1-9(2)6-12-14(21)19(15(22)18-12)8-13(20)17-11-5-3-4-10(16)7-11/h3-5,7,9,12H,6,8H2,1-2H3,(H,17,20)(H,18,22)/t12-/m1/s1. The molecular weight excluding hydrogens is 397 g/mol. The van der Waals surface area contributed by atoms with Crippen molar-refractivity contribution in [1.29, 1.82) is 0 Å². The summed E-state index contributed by atoms with van der Waals surface area (Å²) in [5, 5.41) is 5.31. The highest BCUT2D eigenvalue weighted by molar-refractivity contribution is 14.1. The monoisotopic (exact) mass is 415 g/mol. The Bertz CT molecular complexity index is 603. The minimum atomic E-state index is -0.530. The molecular formula is C15H18IN3O3. The minimum absolute atomic E-state index is 0.273. The van der Waals surface area contributed by atoms with E-state index in [-0.39, 0.29) is 18.4 Å². The number of urea groups is 1. The third-order valence-corrected chi connectivity index (χ3v) is 3.90. The average molecular weight is 415 g/mol. The second kappa shape index (κ2) is 7.08. The average Bonchev–Trinajstić information content (AvgIpc) is 2.66. The smallest absolute Gasteiger partial charge is 0.325 e. The molecule has 1 aliphatic rings. The van der Waals surface area contributed by atoms with E-state index in [1.807, 2.05) is 32.0 Å². The topological polar surface area (TPSA) is 78.5 Å². The largest absolute Gasteiger partial charge is 0.326 e. The summed E-state index contributed by atoms with van der Waals surface area (Å²) >= 11 is 2.14. The van der Waals surface area contributed by atoms with Crippen molar-refractivity contribution in [3.05, 3.63) is 27.8 Å². The molecule has 2 N–H and O–H groups in total. The number of anilines is 1. The van der Waals surface area contributed by atoms with Crippen LogP contribution in [0.3, 0.4) is 0 Å². The molecule has 0 unspecified atom stereocenters. The van der Waals surface area contributed by atoms with Crippen molar-refractivity contribution < 1.29 is 14.4 Å². The van der Waals surface area contributed by atoms with E-state index < -0.39 is 18.0 Å².